The van der Waals surface area contributed by atoms with Gasteiger partial charge in [-0.05, 0) is 38.5 Å². The zero-order chi connectivity index (χ0) is 21.7. The van der Waals surface area contributed by atoms with E-state index < -0.39 is 22.9 Å². The van der Waals surface area contributed by atoms with Gasteiger partial charge in [0.15, 0.2) is 5.54 Å². The van der Waals surface area contributed by atoms with E-state index in [-0.39, 0.29) is 17.2 Å². The van der Waals surface area contributed by atoms with Crippen LogP contribution in [-0.2, 0) is 15.1 Å². The maximum absolute atomic E-state index is 13.7. The third-order valence-corrected chi connectivity index (χ3v) is 5.60. The quantitative estimate of drug-likeness (QED) is 0.680. The van der Waals surface area contributed by atoms with Gasteiger partial charge < -0.3 is 10.6 Å². The Morgan fingerprint density at radius 3 is 2.17 bits per heavy atom. The lowest BCUT2D eigenvalue weighted by Crippen LogP contribution is -2.55. The highest BCUT2D eigenvalue weighted by Crippen LogP contribution is 2.38. The van der Waals surface area contributed by atoms with Crippen LogP contribution in [0.5, 0.6) is 0 Å². The van der Waals surface area contributed by atoms with E-state index in [1.54, 1.807) is 18.2 Å². The first-order valence-electron chi connectivity index (χ1n) is 8.95. The van der Waals surface area contributed by atoms with Crippen molar-refractivity contribution in [2.24, 2.45) is 0 Å². The van der Waals surface area contributed by atoms with Crippen LogP contribution >= 0.6 is 11.8 Å². The first-order valence-corrected chi connectivity index (χ1v) is 10.00. The minimum absolute atomic E-state index is 0.0590. The molecule has 2 N–H and O–H groups in total. The number of anilines is 1. The lowest BCUT2D eigenvalue weighted by Gasteiger charge is -2.34. The first kappa shape index (κ1) is 22.8. The first-order chi connectivity index (χ1) is 13.5. The standard InChI is InChI=1S/C21H23F3N2O2S/c1-14-9-11-17(12-10-14)25-18(27)13-29-15(2)19(28)26-20(3,21(22,23)24)16-7-5-4-6-8-16/h4-12,15H,13H2,1-3H3,(H,25,27)(H,26,28). The van der Waals surface area contributed by atoms with Gasteiger partial charge in [-0.15, -0.1) is 11.8 Å². The van der Waals surface area contributed by atoms with Gasteiger partial charge in [0.2, 0.25) is 11.8 Å². The molecule has 0 aliphatic rings. The Kier molecular flexibility index (Phi) is 7.35. The van der Waals surface area contributed by atoms with Crippen LogP contribution in [0.3, 0.4) is 0 Å². The van der Waals surface area contributed by atoms with E-state index in [1.807, 2.05) is 19.1 Å². The number of amides is 2. The number of nitrogens with one attached hydrogen (secondary N) is 2. The molecule has 0 bridgehead atoms. The highest BCUT2D eigenvalue weighted by molar-refractivity contribution is 8.01. The van der Waals surface area contributed by atoms with Gasteiger partial charge >= 0.3 is 6.18 Å². The zero-order valence-corrected chi connectivity index (χ0v) is 17.2. The maximum Gasteiger partial charge on any atom is 0.415 e. The van der Waals surface area contributed by atoms with E-state index in [9.17, 15) is 22.8 Å². The van der Waals surface area contributed by atoms with Crippen molar-refractivity contribution in [3.05, 3.63) is 65.7 Å². The minimum atomic E-state index is -4.68. The molecule has 4 nitrogen and oxygen atoms in total. The summed E-state index contributed by atoms with van der Waals surface area (Å²) >= 11 is 0.970. The number of rotatable bonds is 7. The molecular formula is C21H23F3N2O2S. The molecule has 0 heterocycles. The smallest absolute Gasteiger partial charge is 0.338 e. The number of benzene rings is 2. The molecule has 2 unspecified atom stereocenters. The van der Waals surface area contributed by atoms with E-state index >= 15 is 0 Å². The number of hydrogen-bond donors (Lipinski definition) is 2. The monoisotopic (exact) mass is 424 g/mol. The van der Waals surface area contributed by atoms with Crippen molar-refractivity contribution < 1.29 is 22.8 Å². The molecule has 0 aliphatic heterocycles. The van der Waals surface area contributed by atoms with Gasteiger partial charge in [0, 0.05) is 5.69 Å². The summed E-state index contributed by atoms with van der Waals surface area (Å²) < 4.78 is 41.1. The summed E-state index contributed by atoms with van der Waals surface area (Å²) in [4.78, 5) is 24.5. The van der Waals surface area contributed by atoms with Gasteiger partial charge in [0.1, 0.15) is 0 Å². The van der Waals surface area contributed by atoms with Gasteiger partial charge in [-0.2, -0.15) is 13.2 Å². The molecule has 0 radical (unpaired) electrons. The second-order valence-corrected chi connectivity index (χ2v) is 8.17. The molecule has 0 spiro atoms. The third-order valence-electron chi connectivity index (χ3n) is 4.46. The van der Waals surface area contributed by atoms with E-state index in [2.05, 4.69) is 10.6 Å². The molecule has 2 rings (SSSR count). The summed E-state index contributed by atoms with van der Waals surface area (Å²) in [5.74, 6) is -1.18. The average Bonchev–Trinajstić information content (AvgIpc) is 2.67. The predicted molar refractivity (Wildman–Crippen MR) is 110 cm³/mol. The number of hydrogen-bond acceptors (Lipinski definition) is 3. The van der Waals surface area contributed by atoms with Crippen molar-refractivity contribution in [2.45, 2.75) is 37.7 Å². The molecule has 0 fully saturated rings. The van der Waals surface area contributed by atoms with Crippen molar-refractivity contribution >= 4 is 29.3 Å². The molecule has 0 aliphatic carbocycles. The largest absolute Gasteiger partial charge is 0.415 e. The van der Waals surface area contributed by atoms with Crippen molar-refractivity contribution in [3.8, 4) is 0 Å². The van der Waals surface area contributed by atoms with Crippen LogP contribution in [-0.4, -0.2) is 29.0 Å². The fraction of sp³-hybridized carbons (Fsp3) is 0.333. The van der Waals surface area contributed by atoms with Gasteiger partial charge in [-0.3, -0.25) is 9.59 Å². The number of alkyl halides is 3. The van der Waals surface area contributed by atoms with E-state index in [1.165, 1.54) is 31.2 Å². The molecule has 2 aromatic rings. The van der Waals surface area contributed by atoms with Gasteiger partial charge in [-0.1, -0.05) is 48.0 Å². The van der Waals surface area contributed by atoms with Crippen LogP contribution in [0.2, 0.25) is 0 Å². The highest BCUT2D eigenvalue weighted by atomic mass is 32.2. The zero-order valence-electron chi connectivity index (χ0n) is 16.3. The molecule has 2 atom stereocenters. The topological polar surface area (TPSA) is 58.2 Å². The molecule has 0 saturated heterocycles. The fourth-order valence-electron chi connectivity index (χ4n) is 2.54. The summed E-state index contributed by atoms with van der Waals surface area (Å²) in [6.45, 7) is 4.33. The van der Waals surface area contributed by atoms with Crippen LogP contribution in [0.15, 0.2) is 54.6 Å². The molecule has 29 heavy (non-hydrogen) atoms. The Bertz CT molecular complexity index is 841. The van der Waals surface area contributed by atoms with Crippen LogP contribution in [0, 0.1) is 6.92 Å². The van der Waals surface area contributed by atoms with E-state index in [4.69, 9.17) is 0 Å². The van der Waals surface area contributed by atoms with E-state index in [0.29, 0.717) is 5.69 Å². The molecule has 156 valence electrons. The normalized spacial score (nSPS) is 14.6. The summed E-state index contributed by atoms with van der Waals surface area (Å²) in [6, 6.07) is 14.4. The SMILES string of the molecule is Cc1ccc(NC(=O)CSC(C)C(=O)NC(C)(c2ccccc2)C(F)(F)F)cc1. The Morgan fingerprint density at radius 1 is 1.03 bits per heavy atom. The van der Waals surface area contributed by atoms with Crippen molar-refractivity contribution in [1.29, 1.82) is 0 Å². The van der Waals surface area contributed by atoms with Gasteiger partial charge in [0.05, 0.1) is 11.0 Å². The fourth-order valence-corrected chi connectivity index (χ4v) is 3.22. The predicted octanol–water partition coefficient (Wildman–Crippen LogP) is 4.65. The van der Waals surface area contributed by atoms with Crippen LogP contribution in [0.1, 0.15) is 25.0 Å². The molecular weight excluding hydrogens is 401 g/mol. The minimum Gasteiger partial charge on any atom is -0.338 e. The molecule has 0 saturated carbocycles. The van der Waals surface area contributed by atoms with Crippen LogP contribution < -0.4 is 10.6 Å². The van der Waals surface area contributed by atoms with Gasteiger partial charge in [0.25, 0.3) is 0 Å². The summed E-state index contributed by atoms with van der Waals surface area (Å²) in [7, 11) is 0. The molecule has 2 amide bonds. The average molecular weight is 424 g/mol. The molecule has 0 aromatic heterocycles. The number of halogens is 3. The van der Waals surface area contributed by atoms with Crippen molar-refractivity contribution in [1.82, 2.24) is 5.32 Å². The Morgan fingerprint density at radius 2 is 1.62 bits per heavy atom. The Balaban J connectivity index is 1.97. The van der Waals surface area contributed by atoms with Crippen LogP contribution in [0.4, 0.5) is 18.9 Å². The molecule has 2 aromatic carbocycles. The summed E-state index contributed by atoms with van der Waals surface area (Å²) in [5, 5.41) is 3.96. The molecule has 8 heteroatoms. The van der Waals surface area contributed by atoms with E-state index in [0.717, 1.165) is 24.2 Å². The number of thioether (sulfide) groups is 1. The van der Waals surface area contributed by atoms with Crippen LogP contribution in [0.25, 0.3) is 0 Å². The third kappa shape index (κ3) is 6.00. The second kappa shape index (κ2) is 9.35. The maximum atomic E-state index is 13.7. The number of carbonyl (C=O) groups excluding carboxylic acids is 2. The lowest BCUT2D eigenvalue weighted by atomic mass is 9.91. The highest BCUT2D eigenvalue weighted by Gasteiger charge is 2.53. The summed E-state index contributed by atoms with van der Waals surface area (Å²) in [6.07, 6.45) is -4.68. The lowest BCUT2D eigenvalue weighted by molar-refractivity contribution is -0.197. The van der Waals surface area contributed by atoms with Crippen molar-refractivity contribution in [2.75, 3.05) is 11.1 Å². The summed E-state index contributed by atoms with van der Waals surface area (Å²) in [5.41, 5.74) is -0.916. The Labute approximate surface area is 172 Å². The number of aryl methyl sites for hydroxylation is 1. The van der Waals surface area contributed by atoms with Gasteiger partial charge in [-0.25, -0.2) is 0 Å². The Hall–Kier alpha value is -2.48. The van der Waals surface area contributed by atoms with Crippen molar-refractivity contribution in [3.63, 3.8) is 0 Å². The number of carbonyl (C=O) groups is 2. The second-order valence-electron chi connectivity index (χ2n) is 6.85.